The average molecular weight is 466 g/mol. The van der Waals surface area contributed by atoms with Crippen LogP contribution in [0.15, 0.2) is 42.5 Å². The third-order valence-corrected chi connectivity index (χ3v) is 6.00. The van der Waals surface area contributed by atoms with Gasteiger partial charge < -0.3 is 19.3 Å². The highest BCUT2D eigenvalue weighted by Crippen LogP contribution is 2.32. The molecule has 1 fully saturated rings. The second-order valence-electron chi connectivity index (χ2n) is 8.34. The molecule has 176 valence electrons. The lowest BCUT2D eigenvalue weighted by Crippen LogP contribution is -2.40. The van der Waals surface area contributed by atoms with E-state index in [0.717, 1.165) is 23.4 Å². The third-order valence-electron chi connectivity index (χ3n) is 6.00. The van der Waals surface area contributed by atoms with Gasteiger partial charge in [0.25, 0.3) is 5.91 Å². The van der Waals surface area contributed by atoms with Crippen LogP contribution in [0.4, 0.5) is 14.7 Å². The molecule has 2 aliphatic rings. The summed E-state index contributed by atoms with van der Waals surface area (Å²) in [5.74, 6) is -0.995. The molecule has 0 atom stereocenters. The van der Waals surface area contributed by atoms with Crippen molar-refractivity contribution in [1.29, 1.82) is 0 Å². The predicted molar refractivity (Wildman–Crippen MR) is 121 cm³/mol. The van der Waals surface area contributed by atoms with Crippen molar-refractivity contribution in [3.8, 4) is 11.6 Å². The van der Waals surface area contributed by atoms with E-state index in [1.807, 2.05) is 36.1 Å². The summed E-state index contributed by atoms with van der Waals surface area (Å²) in [7, 11) is 0. The Morgan fingerprint density at radius 1 is 1.00 bits per heavy atom. The van der Waals surface area contributed by atoms with Gasteiger partial charge >= 0.3 is 0 Å². The van der Waals surface area contributed by atoms with Crippen molar-refractivity contribution in [1.82, 2.24) is 14.9 Å². The van der Waals surface area contributed by atoms with E-state index in [4.69, 9.17) is 14.5 Å². The first-order valence-electron chi connectivity index (χ1n) is 11.2. The van der Waals surface area contributed by atoms with Crippen molar-refractivity contribution in [2.24, 2.45) is 0 Å². The first-order chi connectivity index (χ1) is 16.5. The van der Waals surface area contributed by atoms with Crippen LogP contribution < -0.4 is 9.64 Å². The molecule has 0 spiro atoms. The molecule has 2 aliphatic heterocycles. The van der Waals surface area contributed by atoms with Gasteiger partial charge in [0, 0.05) is 26.1 Å². The molecule has 0 unspecified atom stereocenters. The normalized spacial score (nSPS) is 15.7. The van der Waals surface area contributed by atoms with E-state index in [-0.39, 0.29) is 13.1 Å². The van der Waals surface area contributed by atoms with Crippen molar-refractivity contribution in [2.45, 2.75) is 19.9 Å². The Morgan fingerprint density at radius 2 is 1.71 bits per heavy atom. The maximum Gasteiger partial charge on any atom is 0.260 e. The second-order valence-corrected chi connectivity index (χ2v) is 8.34. The molecule has 3 aromatic rings. The van der Waals surface area contributed by atoms with Crippen LogP contribution in [0, 0.1) is 18.6 Å². The Kier molecular flexibility index (Phi) is 6.10. The number of halogens is 2. The van der Waals surface area contributed by atoms with Crippen LogP contribution in [0.5, 0.6) is 11.6 Å². The van der Waals surface area contributed by atoms with Crippen LogP contribution in [0.2, 0.25) is 0 Å². The highest BCUT2D eigenvalue weighted by molar-refractivity contribution is 5.95. The van der Waals surface area contributed by atoms with Crippen LogP contribution >= 0.6 is 0 Å². The Balaban J connectivity index is 1.50. The van der Waals surface area contributed by atoms with E-state index >= 15 is 0 Å². The van der Waals surface area contributed by atoms with Gasteiger partial charge in [0.15, 0.2) is 0 Å². The summed E-state index contributed by atoms with van der Waals surface area (Å²) in [5, 5.41) is 0. The topological polar surface area (TPSA) is 67.8 Å². The summed E-state index contributed by atoms with van der Waals surface area (Å²) < 4.78 is 40.1. The minimum absolute atomic E-state index is 0.0898. The number of anilines is 1. The molecule has 0 aliphatic carbocycles. The van der Waals surface area contributed by atoms with Gasteiger partial charge in [-0.1, -0.05) is 23.8 Å². The van der Waals surface area contributed by atoms with Crippen LogP contribution in [0.3, 0.4) is 0 Å². The number of carbonyl (C=O) groups excluding carboxylic acids is 1. The summed E-state index contributed by atoms with van der Waals surface area (Å²) in [4.78, 5) is 25.9. The molecule has 0 N–H and O–H groups in total. The number of rotatable bonds is 4. The van der Waals surface area contributed by atoms with Crippen LogP contribution in [0.1, 0.15) is 27.2 Å². The van der Waals surface area contributed by atoms with E-state index in [1.54, 1.807) is 0 Å². The van der Waals surface area contributed by atoms with E-state index in [9.17, 15) is 13.6 Å². The number of aromatic nitrogens is 2. The number of hydrogen-bond acceptors (Lipinski definition) is 6. The van der Waals surface area contributed by atoms with Crippen LogP contribution in [0.25, 0.3) is 0 Å². The van der Waals surface area contributed by atoms with Crippen molar-refractivity contribution >= 4 is 11.9 Å². The largest absolute Gasteiger partial charge is 0.438 e. The number of aryl methyl sites for hydroxylation is 1. The first-order valence-corrected chi connectivity index (χ1v) is 11.2. The third kappa shape index (κ3) is 4.43. The lowest BCUT2D eigenvalue weighted by Gasteiger charge is -2.32. The smallest absolute Gasteiger partial charge is 0.260 e. The SMILES string of the molecule is Cc1ccc(Oc2nc(N3CCOCC3)nc3c2CN(C(=O)c2c(F)cccc2F)CC3)cc1. The van der Waals surface area contributed by atoms with Gasteiger partial charge in [0.05, 0.1) is 31.0 Å². The summed E-state index contributed by atoms with van der Waals surface area (Å²) in [6.07, 6.45) is 0.418. The zero-order valence-electron chi connectivity index (χ0n) is 18.8. The molecule has 9 heteroatoms. The van der Waals surface area contributed by atoms with Crippen molar-refractivity contribution in [3.63, 3.8) is 0 Å². The van der Waals surface area contributed by atoms with E-state index < -0.39 is 23.1 Å². The monoisotopic (exact) mass is 466 g/mol. The minimum atomic E-state index is -0.883. The van der Waals surface area contributed by atoms with Gasteiger partial charge in [-0.15, -0.1) is 0 Å². The van der Waals surface area contributed by atoms with Crippen LogP contribution in [-0.2, 0) is 17.7 Å². The molecular weight excluding hydrogens is 442 g/mol. The fourth-order valence-corrected chi connectivity index (χ4v) is 4.11. The molecule has 0 bridgehead atoms. The summed E-state index contributed by atoms with van der Waals surface area (Å²) in [6.45, 7) is 4.86. The van der Waals surface area contributed by atoms with Crippen molar-refractivity contribution < 1.29 is 23.0 Å². The zero-order chi connectivity index (χ0) is 23.7. The summed E-state index contributed by atoms with van der Waals surface area (Å²) in [6, 6.07) is 11.0. The summed E-state index contributed by atoms with van der Waals surface area (Å²) in [5.41, 5.74) is 1.93. The second kappa shape index (κ2) is 9.34. The standard InChI is InChI=1S/C25H24F2N4O3/c1-16-5-7-17(8-6-16)34-23-18-15-31(24(32)22-19(26)3-2-4-20(22)27)10-9-21(18)28-25(29-23)30-11-13-33-14-12-30/h2-8H,9-15H2,1H3. The fraction of sp³-hybridized carbons (Fsp3) is 0.320. The Morgan fingerprint density at radius 3 is 2.41 bits per heavy atom. The molecule has 34 heavy (non-hydrogen) atoms. The molecule has 1 saturated heterocycles. The van der Waals surface area contributed by atoms with Gasteiger partial charge in [-0.25, -0.2) is 13.8 Å². The van der Waals surface area contributed by atoms with Gasteiger partial charge in [-0.05, 0) is 31.2 Å². The number of carbonyl (C=O) groups is 1. The van der Waals surface area contributed by atoms with E-state index in [0.29, 0.717) is 55.9 Å². The molecule has 1 amide bonds. The fourth-order valence-electron chi connectivity index (χ4n) is 4.11. The molecule has 3 heterocycles. The highest BCUT2D eigenvalue weighted by Gasteiger charge is 2.31. The van der Waals surface area contributed by atoms with Gasteiger partial charge in [-0.2, -0.15) is 4.98 Å². The number of ether oxygens (including phenoxy) is 2. The van der Waals surface area contributed by atoms with E-state index in [2.05, 4.69) is 4.98 Å². The molecule has 0 radical (unpaired) electrons. The highest BCUT2D eigenvalue weighted by atomic mass is 19.1. The molecule has 0 saturated carbocycles. The van der Waals surface area contributed by atoms with Gasteiger partial charge in [0.1, 0.15) is 22.9 Å². The molecule has 5 rings (SSSR count). The summed E-state index contributed by atoms with van der Waals surface area (Å²) >= 11 is 0. The Labute approximate surface area is 195 Å². The van der Waals surface area contributed by atoms with Crippen molar-refractivity contribution in [3.05, 3.63) is 76.5 Å². The lowest BCUT2D eigenvalue weighted by molar-refractivity contribution is 0.0722. The van der Waals surface area contributed by atoms with Crippen LogP contribution in [-0.4, -0.2) is 53.6 Å². The quantitative estimate of drug-likeness (QED) is 0.581. The molecular formula is C25H24F2N4O3. The lowest BCUT2D eigenvalue weighted by atomic mass is 10.0. The number of hydrogen-bond donors (Lipinski definition) is 0. The number of fused-ring (bicyclic) bond motifs is 1. The molecule has 7 nitrogen and oxygen atoms in total. The Hall–Kier alpha value is -3.59. The zero-order valence-corrected chi connectivity index (χ0v) is 18.8. The van der Waals surface area contributed by atoms with Gasteiger partial charge in [-0.3, -0.25) is 4.79 Å². The predicted octanol–water partition coefficient (Wildman–Crippen LogP) is 3.89. The van der Waals surface area contributed by atoms with E-state index in [1.165, 1.54) is 11.0 Å². The maximum absolute atomic E-state index is 14.3. The molecule has 1 aromatic heterocycles. The minimum Gasteiger partial charge on any atom is -0.438 e. The number of morpholine rings is 1. The average Bonchev–Trinajstić information content (AvgIpc) is 2.85. The first kappa shape index (κ1) is 22.2. The number of nitrogens with zero attached hydrogens (tertiary/aromatic N) is 4. The number of benzene rings is 2. The Bertz CT molecular complexity index is 1190. The van der Waals surface area contributed by atoms with Crippen molar-refractivity contribution in [2.75, 3.05) is 37.7 Å². The maximum atomic E-state index is 14.3. The van der Waals surface area contributed by atoms with Gasteiger partial charge in [0.2, 0.25) is 11.8 Å². The number of amides is 1. The molecule has 2 aromatic carbocycles.